The molecule has 4 nitrogen and oxygen atoms in total. The predicted molar refractivity (Wildman–Crippen MR) is 109 cm³/mol. The molecule has 136 valence electrons. The molecule has 0 radical (unpaired) electrons. The van der Waals surface area contributed by atoms with Crippen molar-refractivity contribution in [2.45, 2.75) is 32.7 Å². The predicted octanol–water partition coefficient (Wildman–Crippen LogP) is 5.51. The molecular formula is C20H19Br2NO3. The van der Waals surface area contributed by atoms with Crippen LogP contribution in [0, 0.1) is 0 Å². The van der Waals surface area contributed by atoms with Crippen molar-refractivity contribution >= 4 is 49.2 Å². The lowest BCUT2D eigenvalue weighted by atomic mass is 10.1. The summed E-state index contributed by atoms with van der Waals surface area (Å²) >= 11 is 6.85. The zero-order chi connectivity index (χ0) is 18.7. The molecule has 0 saturated carbocycles. The number of rotatable bonds is 7. The van der Waals surface area contributed by atoms with E-state index in [1.807, 2.05) is 30.3 Å². The number of benzene rings is 2. The fraction of sp³-hybridized carbons (Fsp3) is 0.300. The van der Waals surface area contributed by atoms with Crippen LogP contribution in [0.2, 0.25) is 0 Å². The second kappa shape index (κ2) is 8.35. The van der Waals surface area contributed by atoms with E-state index in [1.54, 1.807) is 6.07 Å². The van der Waals surface area contributed by atoms with Gasteiger partial charge in [0.15, 0.2) is 0 Å². The molecule has 6 heteroatoms. The SMILES string of the molecule is CCCCCOc1ccccc1CN1C(=O)C(=O)c2cc(Br)cc(Br)c21. The Morgan fingerprint density at radius 2 is 1.85 bits per heavy atom. The van der Waals surface area contributed by atoms with Gasteiger partial charge in [0.25, 0.3) is 11.7 Å². The first-order valence-electron chi connectivity index (χ1n) is 8.59. The zero-order valence-electron chi connectivity index (χ0n) is 14.4. The Morgan fingerprint density at radius 3 is 2.62 bits per heavy atom. The van der Waals surface area contributed by atoms with E-state index in [9.17, 15) is 9.59 Å². The molecule has 0 atom stereocenters. The van der Waals surface area contributed by atoms with E-state index in [4.69, 9.17) is 4.74 Å². The van der Waals surface area contributed by atoms with Crippen LogP contribution in [-0.4, -0.2) is 18.3 Å². The van der Waals surface area contributed by atoms with Crippen LogP contribution in [0.4, 0.5) is 5.69 Å². The Balaban J connectivity index is 1.87. The zero-order valence-corrected chi connectivity index (χ0v) is 17.6. The maximum absolute atomic E-state index is 12.5. The van der Waals surface area contributed by atoms with Crippen LogP contribution in [0.25, 0.3) is 0 Å². The molecule has 0 N–H and O–H groups in total. The van der Waals surface area contributed by atoms with E-state index in [-0.39, 0.29) is 0 Å². The lowest BCUT2D eigenvalue weighted by Gasteiger charge is -2.20. The van der Waals surface area contributed by atoms with Gasteiger partial charge in [-0.25, -0.2) is 0 Å². The minimum atomic E-state index is -0.514. The third-order valence-corrected chi connectivity index (χ3v) is 5.35. The van der Waals surface area contributed by atoms with E-state index < -0.39 is 11.7 Å². The summed E-state index contributed by atoms with van der Waals surface area (Å²) in [5.41, 5.74) is 1.91. The average molecular weight is 481 g/mol. The normalized spacial score (nSPS) is 13.3. The third-order valence-electron chi connectivity index (χ3n) is 4.29. The number of halogens is 2. The number of nitrogens with zero attached hydrogens (tertiary/aromatic N) is 1. The number of hydrogen-bond donors (Lipinski definition) is 0. The van der Waals surface area contributed by atoms with Crippen molar-refractivity contribution < 1.29 is 14.3 Å². The number of para-hydroxylation sites is 1. The van der Waals surface area contributed by atoms with Gasteiger partial charge in [-0.05, 0) is 40.5 Å². The van der Waals surface area contributed by atoms with Gasteiger partial charge in [-0.15, -0.1) is 0 Å². The quantitative estimate of drug-likeness (QED) is 0.387. The maximum atomic E-state index is 12.5. The molecule has 3 rings (SSSR count). The first-order valence-corrected chi connectivity index (χ1v) is 10.2. The number of unbranched alkanes of at least 4 members (excludes halogenated alkanes) is 2. The monoisotopic (exact) mass is 479 g/mol. The molecular weight excluding hydrogens is 462 g/mol. The lowest BCUT2D eigenvalue weighted by molar-refractivity contribution is -0.114. The van der Waals surface area contributed by atoms with E-state index in [1.165, 1.54) is 4.90 Å². The van der Waals surface area contributed by atoms with Crippen LogP contribution < -0.4 is 9.64 Å². The second-order valence-electron chi connectivity index (χ2n) is 6.17. The van der Waals surface area contributed by atoms with E-state index in [0.29, 0.717) is 28.9 Å². The van der Waals surface area contributed by atoms with Gasteiger partial charge in [0.1, 0.15) is 5.75 Å². The molecule has 26 heavy (non-hydrogen) atoms. The number of hydrogen-bond acceptors (Lipinski definition) is 3. The third kappa shape index (κ3) is 3.86. The summed E-state index contributed by atoms with van der Waals surface area (Å²) in [6.07, 6.45) is 3.25. The summed E-state index contributed by atoms with van der Waals surface area (Å²) < 4.78 is 7.37. The van der Waals surface area contributed by atoms with Gasteiger partial charge in [0.05, 0.1) is 24.4 Å². The van der Waals surface area contributed by atoms with E-state index in [2.05, 4.69) is 38.8 Å². The van der Waals surface area contributed by atoms with Crippen LogP contribution in [0.5, 0.6) is 5.75 Å². The molecule has 0 saturated heterocycles. The molecule has 1 aliphatic rings. The topological polar surface area (TPSA) is 46.6 Å². The molecule has 1 amide bonds. The minimum absolute atomic E-state index is 0.293. The van der Waals surface area contributed by atoms with Crippen molar-refractivity contribution in [3.63, 3.8) is 0 Å². The number of anilines is 1. The standard InChI is InChI=1S/C20H19Br2NO3/c1-2-3-6-9-26-17-8-5-4-7-13(17)12-23-18-15(19(24)20(23)25)10-14(21)11-16(18)22/h4-5,7-8,10-11H,2-3,6,9,12H2,1H3. The van der Waals surface area contributed by atoms with E-state index >= 15 is 0 Å². The van der Waals surface area contributed by atoms with Gasteiger partial charge in [-0.3, -0.25) is 14.5 Å². The number of carbonyl (C=O) groups is 2. The Hall–Kier alpha value is -1.66. The van der Waals surface area contributed by atoms with E-state index in [0.717, 1.165) is 35.0 Å². The smallest absolute Gasteiger partial charge is 0.299 e. The number of amides is 1. The summed E-state index contributed by atoms with van der Waals surface area (Å²) in [6, 6.07) is 11.2. The summed E-state index contributed by atoms with van der Waals surface area (Å²) in [5.74, 6) is -0.242. The highest BCUT2D eigenvalue weighted by Crippen LogP contribution is 2.40. The average Bonchev–Trinajstić information content (AvgIpc) is 2.85. The number of fused-ring (bicyclic) bond motifs is 1. The van der Waals surface area contributed by atoms with Crippen molar-refractivity contribution in [2.24, 2.45) is 0 Å². The van der Waals surface area contributed by atoms with Crippen molar-refractivity contribution in [3.8, 4) is 5.75 Å². The van der Waals surface area contributed by atoms with Crippen molar-refractivity contribution in [2.75, 3.05) is 11.5 Å². The van der Waals surface area contributed by atoms with Crippen LogP contribution in [0.15, 0.2) is 45.3 Å². The Labute approximate surface area is 169 Å². The van der Waals surface area contributed by atoms with Crippen molar-refractivity contribution in [1.82, 2.24) is 0 Å². The van der Waals surface area contributed by atoms with Gasteiger partial charge in [0.2, 0.25) is 0 Å². The van der Waals surface area contributed by atoms with Gasteiger partial charge in [-0.1, -0.05) is 53.9 Å². The second-order valence-corrected chi connectivity index (χ2v) is 7.94. The number of Topliss-reactive ketones (excluding diaryl/α,β-unsaturated/α-hetero) is 1. The van der Waals surface area contributed by atoms with Crippen molar-refractivity contribution in [3.05, 3.63) is 56.5 Å². The molecule has 0 fully saturated rings. The fourth-order valence-electron chi connectivity index (χ4n) is 2.98. The summed E-state index contributed by atoms with van der Waals surface area (Å²) in [6.45, 7) is 3.09. The Bertz CT molecular complexity index is 851. The number of carbonyl (C=O) groups excluding carboxylic acids is 2. The van der Waals surface area contributed by atoms with Crippen LogP contribution >= 0.6 is 31.9 Å². The fourth-order valence-corrected chi connectivity index (χ4v) is 4.42. The molecule has 1 aliphatic heterocycles. The van der Waals surface area contributed by atoms with Gasteiger partial charge < -0.3 is 4.74 Å². The largest absolute Gasteiger partial charge is 0.493 e. The summed E-state index contributed by atoms with van der Waals surface area (Å²) in [5, 5.41) is 0. The minimum Gasteiger partial charge on any atom is -0.493 e. The molecule has 0 unspecified atom stereocenters. The molecule has 2 aromatic carbocycles. The number of ketones is 1. The van der Waals surface area contributed by atoms with Gasteiger partial charge >= 0.3 is 0 Å². The summed E-state index contributed by atoms with van der Waals surface area (Å²) in [7, 11) is 0. The Kier molecular flexibility index (Phi) is 6.14. The molecule has 2 aromatic rings. The van der Waals surface area contributed by atoms with Crippen LogP contribution in [0.1, 0.15) is 42.1 Å². The lowest BCUT2D eigenvalue weighted by Crippen LogP contribution is -2.29. The molecule has 1 heterocycles. The summed E-state index contributed by atoms with van der Waals surface area (Å²) in [4.78, 5) is 26.4. The van der Waals surface area contributed by atoms with Gasteiger partial charge in [-0.2, -0.15) is 0 Å². The maximum Gasteiger partial charge on any atom is 0.299 e. The van der Waals surface area contributed by atoms with Gasteiger partial charge in [0, 0.05) is 14.5 Å². The molecule has 0 spiro atoms. The highest BCUT2D eigenvalue weighted by Gasteiger charge is 2.38. The molecule has 0 aromatic heterocycles. The first-order chi connectivity index (χ1) is 12.5. The molecule has 0 bridgehead atoms. The first kappa shape index (κ1) is 19.1. The Morgan fingerprint density at radius 1 is 1.08 bits per heavy atom. The number of ether oxygens (including phenoxy) is 1. The van der Waals surface area contributed by atoms with Crippen molar-refractivity contribution in [1.29, 1.82) is 0 Å². The van der Waals surface area contributed by atoms with Crippen LogP contribution in [0.3, 0.4) is 0 Å². The highest BCUT2D eigenvalue weighted by atomic mass is 79.9. The highest BCUT2D eigenvalue weighted by molar-refractivity contribution is 9.11. The molecule has 0 aliphatic carbocycles. The van der Waals surface area contributed by atoms with Crippen LogP contribution in [-0.2, 0) is 11.3 Å².